The zero-order valence-electron chi connectivity index (χ0n) is 17.1. The van der Waals surface area contributed by atoms with E-state index in [-0.39, 0.29) is 33.0 Å². The van der Waals surface area contributed by atoms with Crippen molar-refractivity contribution in [1.29, 1.82) is 0 Å². The number of pyridine rings is 1. The van der Waals surface area contributed by atoms with Gasteiger partial charge < -0.3 is 16.4 Å². The minimum Gasteiger partial charge on any atom is -0.384 e. The van der Waals surface area contributed by atoms with Crippen molar-refractivity contribution in [3.05, 3.63) is 32.8 Å². The Morgan fingerprint density at radius 2 is 1.93 bits per heavy atom. The van der Waals surface area contributed by atoms with Crippen molar-refractivity contribution in [1.82, 2.24) is 14.5 Å². The van der Waals surface area contributed by atoms with Gasteiger partial charge >= 0.3 is 0 Å². The van der Waals surface area contributed by atoms with Crippen LogP contribution in [0.15, 0.2) is 26.8 Å². The van der Waals surface area contributed by atoms with Crippen LogP contribution in [0.2, 0.25) is 10.2 Å². The Balaban J connectivity index is 1.54. The SMILES string of the molecule is C[C@@H]1CCC2(CCN(c3ncc(Sc4cc(N)nc(Cl)c4Cl)c(=O)n3C)CC2)[C@@H]1N. The lowest BCUT2D eigenvalue weighted by Gasteiger charge is -2.43. The maximum atomic E-state index is 13.0. The fourth-order valence-corrected chi connectivity index (χ4v) is 6.17. The van der Waals surface area contributed by atoms with Gasteiger partial charge in [-0.3, -0.25) is 9.36 Å². The smallest absolute Gasteiger partial charge is 0.268 e. The van der Waals surface area contributed by atoms with E-state index in [0.29, 0.717) is 21.7 Å². The molecule has 3 heterocycles. The summed E-state index contributed by atoms with van der Waals surface area (Å²) < 4.78 is 1.59. The van der Waals surface area contributed by atoms with Crippen LogP contribution in [0.5, 0.6) is 0 Å². The van der Waals surface area contributed by atoms with Crippen molar-refractivity contribution in [2.24, 2.45) is 24.1 Å². The number of aromatic nitrogens is 3. The summed E-state index contributed by atoms with van der Waals surface area (Å²) in [5.41, 5.74) is 12.4. The summed E-state index contributed by atoms with van der Waals surface area (Å²) in [4.78, 5) is 24.7. The van der Waals surface area contributed by atoms with E-state index in [4.69, 9.17) is 34.7 Å². The van der Waals surface area contributed by atoms with E-state index in [9.17, 15) is 4.79 Å². The van der Waals surface area contributed by atoms with Crippen LogP contribution < -0.4 is 21.9 Å². The van der Waals surface area contributed by atoms with Gasteiger partial charge in [0.15, 0.2) is 5.15 Å². The van der Waals surface area contributed by atoms with E-state index >= 15 is 0 Å². The molecule has 2 atom stereocenters. The molecule has 2 fully saturated rings. The van der Waals surface area contributed by atoms with Crippen molar-refractivity contribution in [3.63, 3.8) is 0 Å². The lowest BCUT2D eigenvalue weighted by molar-refractivity contribution is 0.185. The molecule has 1 aliphatic carbocycles. The predicted octanol–water partition coefficient (Wildman–Crippen LogP) is 3.56. The summed E-state index contributed by atoms with van der Waals surface area (Å²) in [5, 5.41) is 0.382. The number of hydrogen-bond acceptors (Lipinski definition) is 7. The maximum Gasteiger partial charge on any atom is 0.268 e. The summed E-state index contributed by atoms with van der Waals surface area (Å²) >= 11 is 13.4. The number of nitrogens with zero attached hydrogens (tertiary/aromatic N) is 4. The van der Waals surface area contributed by atoms with Crippen molar-refractivity contribution in [3.8, 4) is 0 Å². The average Bonchev–Trinajstić information content (AvgIpc) is 2.99. The lowest BCUT2D eigenvalue weighted by atomic mass is 9.73. The minimum absolute atomic E-state index is 0.113. The van der Waals surface area contributed by atoms with Gasteiger partial charge in [0.1, 0.15) is 5.82 Å². The first-order valence-electron chi connectivity index (χ1n) is 10.1. The molecule has 30 heavy (non-hydrogen) atoms. The third kappa shape index (κ3) is 3.79. The Morgan fingerprint density at radius 3 is 2.57 bits per heavy atom. The monoisotopic (exact) mass is 468 g/mol. The molecule has 1 saturated heterocycles. The number of rotatable bonds is 3. The second-order valence-electron chi connectivity index (χ2n) is 8.43. The van der Waals surface area contributed by atoms with Crippen molar-refractivity contribution in [2.75, 3.05) is 23.7 Å². The standard InChI is InChI=1S/C20H26Cl2N6OS/c1-11-3-4-20(16(11)24)5-7-28(8-6-20)19-25-10-13(18(29)27(19)2)30-12-9-14(23)26-17(22)15(12)21/h9-11,16H,3-8,24H2,1-2H3,(H2,23,26)/t11-,16-/m1/s1. The molecule has 0 bridgehead atoms. The Bertz CT molecular complexity index is 1020. The molecule has 0 radical (unpaired) electrons. The molecule has 4 N–H and O–H groups in total. The van der Waals surface area contributed by atoms with E-state index in [0.717, 1.165) is 25.9 Å². The highest BCUT2D eigenvalue weighted by Gasteiger charge is 2.46. The molecule has 2 aromatic rings. The number of piperidine rings is 1. The minimum atomic E-state index is -0.140. The molecule has 7 nitrogen and oxygen atoms in total. The topological polar surface area (TPSA) is 103 Å². The van der Waals surface area contributed by atoms with Crippen LogP contribution >= 0.6 is 35.0 Å². The highest BCUT2D eigenvalue weighted by molar-refractivity contribution is 7.99. The van der Waals surface area contributed by atoms with Crippen LogP contribution in [0.4, 0.5) is 11.8 Å². The van der Waals surface area contributed by atoms with Gasteiger partial charge in [0, 0.05) is 31.1 Å². The molecule has 1 spiro atoms. The van der Waals surface area contributed by atoms with Gasteiger partial charge in [-0.1, -0.05) is 41.9 Å². The summed E-state index contributed by atoms with van der Waals surface area (Å²) in [6.07, 6.45) is 6.07. The van der Waals surface area contributed by atoms with Crippen LogP contribution in [0.1, 0.15) is 32.6 Å². The van der Waals surface area contributed by atoms with Crippen LogP contribution in [-0.2, 0) is 7.05 Å². The molecule has 4 rings (SSSR count). The van der Waals surface area contributed by atoms with Crippen LogP contribution in [0.25, 0.3) is 0 Å². The van der Waals surface area contributed by atoms with E-state index in [2.05, 4.69) is 21.8 Å². The van der Waals surface area contributed by atoms with Crippen molar-refractivity contribution in [2.45, 2.75) is 48.4 Å². The van der Waals surface area contributed by atoms with Gasteiger partial charge in [-0.15, -0.1) is 0 Å². The molecule has 1 aliphatic heterocycles. The number of nitrogens with two attached hydrogens (primary N) is 2. The highest BCUT2D eigenvalue weighted by atomic mass is 35.5. The lowest BCUT2D eigenvalue weighted by Crippen LogP contribution is -2.49. The van der Waals surface area contributed by atoms with E-state index in [1.807, 2.05) is 0 Å². The van der Waals surface area contributed by atoms with Crippen LogP contribution in [-0.4, -0.2) is 33.7 Å². The maximum absolute atomic E-state index is 13.0. The molecule has 1 saturated carbocycles. The highest BCUT2D eigenvalue weighted by Crippen LogP contribution is 2.48. The van der Waals surface area contributed by atoms with Gasteiger partial charge in [-0.2, -0.15) is 0 Å². The molecule has 2 aliphatic rings. The summed E-state index contributed by atoms with van der Waals surface area (Å²) in [5.74, 6) is 1.50. The van der Waals surface area contributed by atoms with Gasteiger partial charge in [-0.25, -0.2) is 9.97 Å². The normalized spacial score (nSPS) is 23.3. The number of halogens is 2. The first-order chi connectivity index (χ1) is 14.2. The third-order valence-corrected chi connectivity index (χ3v) is 8.60. The molecule has 2 aromatic heterocycles. The average molecular weight is 469 g/mol. The van der Waals surface area contributed by atoms with Crippen LogP contribution in [0.3, 0.4) is 0 Å². The first kappa shape index (κ1) is 21.7. The Kier molecular flexibility index (Phi) is 5.96. The number of nitrogen functional groups attached to an aromatic ring is 1. The van der Waals surface area contributed by atoms with Crippen molar-refractivity contribution < 1.29 is 0 Å². The van der Waals surface area contributed by atoms with Gasteiger partial charge in [0.2, 0.25) is 5.95 Å². The molecular weight excluding hydrogens is 443 g/mol. The Morgan fingerprint density at radius 1 is 1.23 bits per heavy atom. The second kappa shape index (κ2) is 8.22. The van der Waals surface area contributed by atoms with Crippen molar-refractivity contribution >= 4 is 46.7 Å². The molecule has 162 valence electrons. The Labute approximate surface area is 190 Å². The van der Waals surface area contributed by atoms with Gasteiger partial charge in [0.05, 0.1) is 16.1 Å². The summed E-state index contributed by atoms with van der Waals surface area (Å²) in [6.45, 7) is 3.97. The molecule has 10 heteroatoms. The third-order valence-electron chi connectivity index (χ3n) is 6.70. The van der Waals surface area contributed by atoms with E-state index < -0.39 is 0 Å². The first-order valence-corrected chi connectivity index (χ1v) is 11.6. The molecule has 0 amide bonds. The quantitative estimate of drug-likeness (QED) is 0.663. The van der Waals surface area contributed by atoms with Gasteiger partial charge in [-0.05, 0) is 43.1 Å². The zero-order chi connectivity index (χ0) is 21.6. The largest absolute Gasteiger partial charge is 0.384 e. The Hall–Kier alpha value is -1.48. The van der Waals surface area contributed by atoms with Crippen LogP contribution in [0, 0.1) is 11.3 Å². The predicted molar refractivity (Wildman–Crippen MR) is 123 cm³/mol. The van der Waals surface area contributed by atoms with Gasteiger partial charge in [0.25, 0.3) is 5.56 Å². The zero-order valence-corrected chi connectivity index (χ0v) is 19.4. The number of anilines is 2. The molecular formula is C20H26Cl2N6OS. The molecule has 0 aromatic carbocycles. The molecule has 0 unspecified atom stereocenters. The second-order valence-corrected chi connectivity index (χ2v) is 10.2. The number of hydrogen-bond donors (Lipinski definition) is 2. The fourth-order valence-electron chi connectivity index (χ4n) is 4.77. The fraction of sp³-hybridized carbons (Fsp3) is 0.550. The summed E-state index contributed by atoms with van der Waals surface area (Å²) in [6, 6.07) is 1.86. The van der Waals surface area contributed by atoms with E-state index in [1.54, 1.807) is 23.9 Å². The summed E-state index contributed by atoms with van der Waals surface area (Å²) in [7, 11) is 1.75. The van der Waals surface area contributed by atoms with E-state index in [1.165, 1.54) is 24.6 Å².